The molecule has 2 N–H and O–H groups in total. The molecule has 9 nitrogen and oxygen atoms in total. The van der Waals surface area contributed by atoms with Crippen molar-refractivity contribution in [3.8, 4) is 0 Å². The number of likely N-dealkylation sites (tertiary alicyclic amines) is 1. The van der Waals surface area contributed by atoms with Gasteiger partial charge in [0.25, 0.3) is 5.91 Å². The number of nitrogens with one attached hydrogen (secondary N) is 2. The van der Waals surface area contributed by atoms with Gasteiger partial charge in [-0.15, -0.1) is 11.3 Å². The second kappa shape index (κ2) is 9.92. The minimum Gasteiger partial charge on any atom is -0.444 e. The van der Waals surface area contributed by atoms with E-state index < -0.39 is 5.60 Å². The van der Waals surface area contributed by atoms with Crippen LogP contribution in [-0.4, -0.2) is 56.6 Å². The number of hydrogen-bond acceptors (Lipinski definition) is 8. The second-order valence-electron chi connectivity index (χ2n) is 9.33. The molecule has 2 amide bonds. The molecule has 2 atom stereocenters. The van der Waals surface area contributed by atoms with Crippen LogP contribution in [0.15, 0.2) is 35.8 Å². The van der Waals surface area contributed by atoms with Crippen LogP contribution in [0.1, 0.15) is 62.8 Å². The molecule has 34 heavy (non-hydrogen) atoms. The average molecular weight is 483 g/mol. The maximum atomic E-state index is 13.2. The van der Waals surface area contributed by atoms with Crippen LogP contribution in [0, 0.1) is 0 Å². The smallest absolute Gasteiger partial charge is 0.410 e. The fraction of sp³-hybridized carbons (Fsp3) is 0.458. The third-order valence-electron chi connectivity index (χ3n) is 5.50. The number of amides is 2. The second-order valence-corrected chi connectivity index (χ2v) is 10.2. The lowest BCUT2D eigenvalue weighted by Crippen LogP contribution is -2.45. The van der Waals surface area contributed by atoms with Crippen LogP contribution >= 0.6 is 11.3 Å². The van der Waals surface area contributed by atoms with Gasteiger partial charge in [0.15, 0.2) is 5.69 Å². The zero-order chi connectivity index (χ0) is 24.3. The molecule has 0 bridgehead atoms. The molecule has 0 spiro atoms. The van der Waals surface area contributed by atoms with Gasteiger partial charge in [0.05, 0.1) is 28.0 Å². The Morgan fingerprint density at radius 1 is 1.26 bits per heavy atom. The van der Waals surface area contributed by atoms with Gasteiger partial charge >= 0.3 is 6.09 Å². The maximum Gasteiger partial charge on any atom is 0.410 e. The number of rotatable bonds is 6. The van der Waals surface area contributed by atoms with Crippen LogP contribution in [-0.2, 0) is 4.74 Å². The molecule has 1 unspecified atom stereocenters. The summed E-state index contributed by atoms with van der Waals surface area (Å²) in [7, 11) is 0. The van der Waals surface area contributed by atoms with E-state index in [2.05, 4.69) is 25.6 Å². The first kappa shape index (κ1) is 23.9. The number of carbonyl (C=O) groups excluding carboxylic acids is 2. The van der Waals surface area contributed by atoms with E-state index in [0.717, 1.165) is 23.2 Å². The van der Waals surface area contributed by atoms with Crippen LogP contribution in [0.5, 0.6) is 0 Å². The fourth-order valence-corrected chi connectivity index (χ4v) is 4.70. The molecule has 0 aliphatic carbocycles. The molecule has 1 saturated heterocycles. The van der Waals surface area contributed by atoms with Gasteiger partial charge in [0.2, 0.25) is 5.95 Å². The Labute approximate surface area is 203 Å². The summed E-state index contributed by atoms with van der Waals surface area (Å²) in [6, 6.07) is 7.34. The molecular weight excluding hydrogens is 452 g/mol. The van der Waals surface area contributed by atoms with Crippen LogP contribution in [0.3, 0.4) is 0 Å². The SMILES string of the molecule is CC(Nc1nc(C(=O)NC[C@H]2CCCN2C(=O)OC(C)(C)C)c2sccc2n1)c1ccccn1. The lowest BCUT2D eigenvalue weighted by atomic mass is 10.2. The zero-order valence-electron chi connectivity index (χ0n) is 19.9. The fourth-order valence-electron chi connectivity index (χ4n) is 3.88. The third-order valence-corrected chi connectivity index (χ3v) is 6.41. The lowest BCUT2D eigenvalue weighted by Gasteiger charge is -2.28. The van der Waals surface area contributed by atoms with E-state index in [1.54, 1.807) is 11.1 Å². The van der Waals surface area contributed by atoms with Gasteiger partial charge in [-0.05, 0) is 64.1 Å². The van der Waals surface area contributed by atoms with Gasteiger partial charge in [-0.25, -0.2) is 14.8 Å². The Balaban J connectivity index is 1.47. The molecule has 3 aromatic heterocycles. The highest BCUT2D eigenvalue weighted by molar-refractivity contribution is 7.17. The summed E-state index contributed by atoms with van der Waals surface area (Å²) >= 11 is 1.43. The van der Waals surface area contributed by atoms with Crippen molar-refractivity contribution in [2.45, 2.75) is 58.2 Å². The Hall–Kier alpha value is -3.27. The molecule has 180 valence electrons. The molecule has 3 aromatic rings. The van der Waals surface area contributed by atoms with Crippen molar-refractivity contribution in [2.24, 2.45) is 0 Å². The van der Waals surface area contributed by atoms with Crippen molar-refractivity contribution in [3.05, 3.63) is 47.2 Å². The van der Waals surface area contributed by atoms with E-state index in [1.165, 1.54) is 11.3 Å². The van der Waals surface area contributed by atoms with Gasteiger partial charge in [0, 0.05) is 19.3 Å². The normalized spacial score (nSPS) is 16.9. The number of thiophene rings is 1. The summed E-state index contributed by atoms with van der Waals surface area (Å²) in [5.41, 5.74) is 1.32. The van der Waals surface area contributed by atoms with Crippen molar-refractivity contribution in [2.75, 3.05) is 18.4 Å². The van der Waals surface area contributed by atoms with Crippen molar-refractivity contribution in [1.29, 1.82) is 0 Å². The van der Waals surface area contributed by atoms with Crippen molar-refractivity contribution < 1.29 is 14.3 Å². The molecule has 0 aromatic carbocycles. The maximum absolute atomic E-state index is 13.2. The van der Waals surface area contributed by atoms with E-state index in [0.29, 0.717) is 30.2 Å². The van der Waals surface area contributed by atoms with E-state index in [-0.39, 0.29) is 24.1 Å². The van der Waals surface area contributed by atoms with Crippen LogP contribution in [0.25, 0.3) is 10.2 Å². The number of pyridine rings is 1. The molecule has 0 saturated carbocycles. The van der Waals surface area contributed by atoms with Crippen molar-refractivity contribution >= 4 is 39.5 Å². The van der Waals surface area contributed by atoms with Gasteiger partial charge in [-0.2, -0.15) is 0 Å². The number of carbonyl (C=O) groups is 2. The molecule has 4 rings (SSSR count). The Morgan fingerprint density at radius 2 is 2.09 bits per heavy atom. The topological polar surface area (TPSA) is 109 Å². The van der Waals surface area contributed by atoms with Crippen LogP contribution in [0.4, 0.5) is 10.7 Å². The minimum absolute atomic E-state index is 0.110. The van der Waals surface area contributed by atoms with Crippen LogP contribution < -0.4 is 10.6 Å². The summed E-state index contributed by atoms with van der Waals surface area (Å²) in [6.07, 6.45) is 3.08. The molecule has 1 fully saturated rings. The number of hydrogen-bond donors (Lipinski definition) is 2. The van der Waals surface area contributed by atoms with E-state index in [1.807, 2.05) is 57.3 Å². The van der Waals surface area contributed by atoms with Crippen molar-refractivity contribution in [3.63, 3.8) is 0 Å². The summed E-state index contributed by atoms with van der Waals surface area (Å²) < 4.78 is 6.25. The predicted octanol–water partition coefficient (Wildman–Crippen LogP) is 4.39. The monoisotopic (exact) mass is 482 g/mol. The van der Waals surface area contributed by atoms with Gasteiger partial charge in [0.1, 0.15) is 5.60 Å². The number of aromatic nitrogens is 3. The Kier molecular flexibility index (Phi) is 6.97. The van der Waals surface area contributed by atoms with Crippen LogP contribution in [0.2, 0.25) is 0 Å². The molecule has 1 aliphatic rings. The Bertz CT molecular complexity index is 1160. The van der Waals surface area contributed by atoms with E-state index >= 15 is 0 Å². The molecule has 10 heteroatoms. The third kappa shape index (κ3) is 5.61. The van der Waals surface area contributed by atoms with E-state index in [9.17, 15) is 9.59 Å². The number of anilines is 1. The average Bonchev–Trinajstić information content (AvgIpc) is 3.45. The largest absolute Gasteiger partial charge is 0.444 e. The zero-order valence-corrected chi connectivity index (χ0v) is 20.7. The summed E-state index contributed by atoms with van der Waals surface area (Å²) in [5.74, 6) is 0.0740. The quantitative estimate of drug-likeness (QED) is 0.536. The van der Waals surface area contributed by atoms with E-state index in [4.69, 9.17) is 4.74 Å². The number of ether oxygens (including phenoxy) is 1. The van der Waals surface area contributed by atoms with Gasteiger partial charge in [-0.1, -0.05) is 6.07 Å². The van der Waals surface area contributed by atoms with Gasteiger partial charge in [-0.3, -0.25) is 9.78 Å². The molecular formula is C24H30N6O3S. The number of fused-ring (bicyclic) bond motifs is 1. The molecule has 1 aliphatic heterocycles. The minimum atomic E-state index is -0.561. The first-order valence-electron chi connectivity index (χ1n) is 11.4. The summed E-state index contributed by atoms with van der Waals surface area (Å²) in [6.45, 7) is 8.46. The standard InChI is InChI=1S/C24H30N6O3S/c1-15(17-9-5-6-11-25-17)27-22-28-18-10-13-34-20(18)19(29-22)21(31)26-14-16-8-7-12-30(16)23(32)33-24(2,3)4/h5-6,9-11,13,15-16H,7-8,12,14H2,1-4H3,(H,26,31)(H,27,28,29)/t15?,16-/m1/s1. The highest BCUT2D eigenvalue weighted by Crippen LogP contribution is 2.26. The Morgan fingerprint density at radius 3 is 2.82 bits per heavy atom. The highest BCUT2D eigenvalue weighted by atomic mass is 32.1. The summed E-state index contributed by atoms with van der Waals surface area (Å²) in [4.78, 5) is 40.9. The van der Waals surface area contributed by atoms with Crippen molar-refractivity contribution in [1.82, 2.24) is 25.2 Å². The van der Waals surface area contributed by atoms with Gasteiger partial charge < -0.3 is 20.3 Å². The highest BCUT2D eigenvalue weighted by Gasteiger charge is 2.32. The first-order chi connectivity index (χ1) is 16.2. The lowest BCUT2D eigenvalue weighted by molar-refractivity contribution is 0.0225. The summed E-state index contributed by atoms with van der Waals surface area (Å²) in [5, 5.41) is 8.11. The molecule has 4 heterocycles. The predicted molar refractivity (Wildman–Crippen MR) is 132 cm³/mol. The molecule has 0 radical (unpaired) electrons. The first-order valence-corrected chi connectivity index (χ1v) is 12.3. The number of nitrogens with zero attached hydrogens (tertiary/aromatic N) is 4.